The first kappa shape index (κ1) is 14.3. The molecule has 2 N–H and O–H groups in total. The van der Waals surface area contributed by atoms with Gasteiger partial charge in [0.05, 0.1) is 0 Å². The minimum absolute atomic E-state index is 0.0300. The van der Waals surface area contributed by atoms with E-state index in [4.69, 9.17) is 0 Å². The minimum atomic E-state index is -0.121. The van der Waals surface area contributed by atoms with Crippen molar-refractivity contribution in [1.82, 2.24) is 5.32 Å². The molecule has 0 aliphatic heterocycles. The highest BCUT2D eigenvalue weighted by molar-refractivity contribution is 5.97. The van der Waals surface area contributed by atoms with Gasteiger partial charge in [-0.2, -0.15) is 0 Å². The smallest absolute Gasteiger partial charge is 0.251 e. The molecule has 4 heteroatoms. The highest BCUT2D eigenvalue weighted by Crippen LogP contribution is 2.20. The average Bonchev–Trinajstić information content (AvgIpc) is 2.48. The predicted octanol–water partition coefficient (Wildman–Crippen LogP) is 2.73. The van der Waals surface area contributed by atoms with Crippen LogP contribution < -0.4 is 10.6 Å². The molecule has 1 aliphatic rings. The molecule has 1 aliphatic carbocycles. The molecule has 4 nitrogen and oxygen atoms in total. The third-order valence-corrected chi connectivity index (χ3v) is 3.37. The lowest BCUT2D eigenvalue weighted by molar-refractivity contribution is -0.120. The molecule has 106 valence electrons. The van der Waals surface area contributed by atoms with Crippen molar-refractivity contribution in [2.24, 2.45) is 5.92 Å². The minimum Gasteiger partial charge on any atom is -0.352 e. The summed E-state index contributed by atoms with van der Waals surface area (Å²) in [5.41, 5.74) is 1.24. The second-order valence-corrected chi connectivity index (χ2v) is 4.91. The Hall–Kier alpha value is -2.10. The number of nitrogens with one attached hydrogen (secondary N) is 2. The summed E-state index contributed by atoms with van der Waals surface area (Å²) in [6, 6.07) is 7.03. The lowest BCUT2D eigenvalue weighted by atomic mass is 9.93. The summed E-state index contributed by atoms with van der Waals surface area (Å²) in [6.45, 7) is 2.46. The number of amides is 2. The van der Waals surface area contributed by atoms with E-state index in [-0.39, 0.29) is 17.7 Å². The second kappa shape index (κ2) is 6.89. The van der Waals surface area contributed by atoms with E-state index >= 15 is 0 Å². The van der Waals surface area contributed by atoms with Gasteiger partial charge in [0.25, 0.3) is 5.91 Å². The molecule has 0 fully saturated rings. The van der Waals surface area contributed by atoms with Gasteiger partial charge in [-0.15, -0.1) is 0 Å². The van der Waals surface area contributed by atoms with Crippen molar-refractivity contribution in [1.29, 1.82) is 0 Å². The Bertz CT molecular complexity index is 523. The van der Waals surface area contributed by atoms with Gasteiger partial charge in [0.1, 0.15) is 0 Å². The van der Waals surface area contributed by atoms with Crippen molar-refractivity contribution in [3.8, 4) is 0 Å². The number of allylic oxidation sites excluding steroid dienone is 2. The maximum absolute atomic E-state index is 12.1. The number of carbonyl (C=O) groups is 2. The van der Waals surface area contributed by atoms with Crippen LogP contribution >= 0.6 is 0 Å². The fourth-order valence-electron chi connectivity index (χ4n) is 2.28. The molecule has 20 heavy (non-hydrogen) atoms. The third kappa shape index (κ3) is 3.70. The quantitative estimate of drug-likeness (QED) is 0.828. The standard InChI is InChI=1S/C16H20N2O2/c1-2-17-15(19)13-9-6-10-14(11-13)18-16(20)12-7-4-3-5-8-12/h3-4,6,9-12H,2,5,7-8H2,1H3,(H,17,19)(H,18,20)/t12-/m1/s1. The van der Waals surface area contributed by atoms with Gasteiger partial charge in [-0.3, -0.25) is 9.59 Å². The first-order chi connectivity index (χ1) is 9.70. The Kier molecular flexibility index (Phi) is 4.93. The Labute approximate surface area is 119 Å². The number of benzene rings is 1. The zero-order chi connectivity index (χ0) is 14.4. The lowest BCUT2D eigenvalue weighted by Crippen LogP contribution is -2.24. The summed E-state index contributed by atoms with van der Waals surface area (Å²) in [5, 5.41) is 5.64. The Morgan fingerprint density at radius 2 is 2.15 bits per heavy atom. The van der Waals surface area contributed by atoms with Gasteiger partial charge in [0.15, 0.2) is 0 Å². The molecule has 0 heterocycles. The summed E-state index contributed by atoms with van der Waals surface area (Å²) >= 11 is 0. The molecular weight excluding hydrogens is 252 g/mol. The zero-order valence-electron chi connectivity index (χ0n) is 11.7. The van der Waals surface area contributed by atoms with Crippen molar-refractivity contribution in [2.75, 3.05) is 11.9 Å². The van der Waals surface area contributed by atoms with Crippen molar-refractivity contribution in [2.45, 2.75) is 26.2 Å². The molecule has 0 spiro atoms. The highest BCUT2D eigenvalue weighted by Gasteiger charge is 2.18. The Morgan fingerprint density at radius 1 is 1.30 bits per heavy atom. The van der Waals surface area contributed by atoms with Crippen LogP contribution in [0.1, 0.15) is 36.5 Å². The first-order valence-corrected chi connectivity index (χ1v) is 7.05. The van der Waals surface area contributed by atoms with Gasteiger partial charge in [0.2, 0.25) is 5.91 Å². The SMILES string of the molecule is CCNC(=O)c1cccc(NC(=O)[C@@H]2CC=CCC2)c1. The van der Waals surface area contributed by atoms with Crippen LogP contribution in [0.5, 0.6) is 0 Å². The second-order valence-electron chi connectivity index (χ2n) is 4.91. The third-order valence-electron chi connectivity index (χ3n) is 3.37. The molecule has 1 aromatic carbocycles. The fraction of sp³-hybridized carbons (Fsp3) is 0.375. The number of rotatable bonds is 4. The van der Waals surface area contributed by atoms with Crippen molar-refractivity contribution in [3.63, 3.8) is 0 Å². The highest BCUT2D eigenvalue weighted by atomic mass is 16.2. The topological polar surface area (TPSA) is 58.2 Å². The molecule has 2 amide bonds. The molecule has 1 aromatic rings. The molecule has 1 atom stereocenters. The van der Waals surface area contributed by atoms with Crippen LogP contribution in [0.2, 0.25) is 0 Å². The van der Waals surface area contributed by atoms with Crippen LogP contribution in [-0.4, -0.2) is 18.4 Å². The van der Waals surface area contributed by atoms with Crippen LogP contribution in [-0.2, 0) is 4.79 Å². The molecule has 0 saturated carbocycles. The molecule has 2 rings (SSSR count). The van der Waals surface area contributed by atoms with E-state index in [0.29, 0.717) is 17.8 Å². The molecular formula is C16H20N2O2. The molecule has 0 bridgehead atoms. The number of anilines is 1. The average molecular weight is 272 g/mol. The summed E-state index contributed by atoms with van der Waals surface area (Å²) < 4.78 is 0. The monoisotopic (exact) mass is 272 g/mol. The van der Waals surface area contributed by atoms with E-state index < -0.39 is 0 Å². The van der Waals surface area contributed by atoms with E-state index in [2.05, 4.69) is 22.8 Å². The summed E-state index contributed by atoms with van der Waals surface area (Å²) in [7, 11) is 0. The number of hydrogen-bond donors (Lipinski definition) is 2. The summed E-state index contributed by atoms with van der Waals surface area (Å²) in [6.07, 6.45) is 6.80. The van der Waals surface area contributed by atoms with Crippen LogP contribution in [0.15, 0.2) is 36.4 Å². The molecule has 0 saturated heterocycles. The van der Waals surface area contributed by atoms with Crippen LogP contribution in [0.4, 0.5) is 5.69 Å². The van der Waals surface area contributed by atoms with Gasteiger partial charge in [-0.1, -0.05) is 18.2 Å². The van der Waals surface area contributed by atoms with Crippen LogP contribution in [0.3, 0.4) is 0 Å². The largest absolute Gasteiger partial charge is 0.352 e. The van der Waals surface area contributed by atoms with Crippen molar-refractivity contribution in [3.05, 3.63) is 42.0 Å². The van der Waals surface area contributed by atoms with E-state index in [0.717, 1.165) is 19.3 Å². The Balaban J connectivity index is 2.02. The van der Waals surface area contributed by atoms with E-state index in [1.54, 1.807) is 24.3 Å². The summed E-state index contributed by atoms with van der Waals surface area (Å²) in [5.74, 6) is -0.0558. The van der Waals surface area contributed by atoms with Crippen molar-refractivity contribution >= 4 is 17.5 Å². The predicted molar refractivity (Wildman–Crippen MR) is 79.6 cm³/mol. The van der Waals surface area contributed by atoms with Gasteiger partial charge in [-0.25, -0.2) is 0 Å². The fourth-order valence-corrected chi connectivity index (χ4v) is 2.28. The van der Waals surface area contributed by atoms with E-state index in [1.165, 1.54) is 0 Å². The number of hydrogen-bond acceptors (Lipinski definition) is 2. The first-order valence-electron chi connectivity index (χ1n) is 7.05. The van der Waals surface area contributed by atoms with Gasteiger partial charge in [-0.05, 0) is 44.4 Å². The normalized spacial score (nSPS) is 17.6. The van der Waals surface area contributed by atoms with Crippen LogP contribution in [0.25, 0.3) is 0 Å². The maximum Gasteiger partial charge on any atom is 0.251 e. The van der Waals surface area contributed by atoms with Gasteiger partial charge in [0, 0.05) is 23.7 Å². The van der Waals surface area contributed by atoms with Gasteiger partial charge < -0.3 is 10.6 Å². The molecule has 0 unspecified atom stereocenters. The van der Waals surface area contributed by atoms with Gasteiger partial charge >= 0.3 is 0 Å². The van der Waals surface area contributed by atoms with E-state index in [9.17, 15) is 9.59 Å². The zero-order valence-corrected chi connectivity index (χ0v) is 11.7. The number of carbonyl (C=O) groups excluding carboxylic acids is 2. The maximum atomic E-state index is 12.1. The lowest BCUT2D eigenvalue weighted by Gasteiger charge is -2.17. The van der Waals surface area contributed by atoms with Crippen LogP contribution in [0, 0.1) is 5.92 Å². The Morgan fingerprint density at radius 3 is 2.85 bits per heavy atom. The van der Waals surface area contributed by atoms with E-state index in [1.807, 2.05) is 6.92 Å². The van der Waals surface area contributed by atoms with Crippen molar-refractivity contribution < 1.29 is 9.59 Å². The molecule has 0 aromatic heterocycles. The molecule has 0 radical (unpaired) electrons. The summed E-state index contributed by atoms with van der Waals surface area (Å²) in [4.78, 5) is 23.9.